The second kappa shape index (κ2) is 7.79. The lowest BCUT2D eigenvalue weighted by Gasteiger charge is -2.23. The molecular formula is C13H19BrN2O2S. The molecule has 0 radical (unpaired) electrons. The molecule has 0 amide bonds. The Morgan fingerprint density at radius 3 is 2.47 bits per heavy atom. The highest BCUT2D eigenvalue weighted by Gasteiger charge is 2.16. The Kier molecular flexibility index (Phi) is 6.71. The van der Waals surface area contributed by atoms with Crippen molar-refractivity contribution in [2.24, 2.45) is 0 Å². The topological polar surface area (TPSA) is 42.5 Å². The van der Waals surface area contributed by atoms with E-state index >= 15 is 0 Å². The third-order valence-corrected chi connectivity index (χ3v) is 3.76. The van der Waals surface area contributed by atoms with Gasteiger partial charge in [0.1, 0.15) is 0 Å². The van der Waals surface area contributed by atoms with Crippen molar-refractivity contribution >= 4 is 38.9 Å². The number of anilines is 1. The van der Waals surface area contributed by atoms with Crippen LogP contribution in [0, 0.1) is 6.92 Å². The lowest BCUT2D eigenvalue weighted by molar-refractivity contribution is -0.116. The van der Waals surface area contributed by atoms with E-state index in [1.807, 2.05) is 32.0 Å². The van der Waals surface area contributed by atoms with E-state index in [1.165, 1.54) is 0 Å². The first-order valence-electron chi connectivity index (χ1n) is 5.87. The zero-order valence-electron chi connectivity index (χ0n) is 11.5. The highest BCUT2D eigenvalue weighted by molar-refractivity contribution is 9.10. The fraction of sp³-hybridized carbons (Fsp3) is 0.462. The highest BCUT2D eigenvalue weighted by atomic mass is 79.9. The normalized spacial score (nSPS) is 12.3. The Morgan fingerprint density at radius 2 is 1.95 bits per heavy atom. The van der Waals surface area contributed by atoms with Gasteiger partial charge in [-0.3, -0.25) is 0 Å². The number of ether oxygens (including phenoxy) is 2. The molecule has 0 aromatic heterocycles. The van der Waals surface area contributed by atoms with Crippen molar-refractivity contribution in [3.63, 3.8) is 0 Å². The summed E-state index contributed by atoms with van der Waals surface area (Å²) in [7, 11) is 3.20. The maximum Gasteiger partial charge on any atom is 0.176 e. The summed E-state index contributed by atoms with van der Waals surface area (Å²) in [4.78, 5) is 0. The molecule has 0 spiro atoms. The van der Waals surface area contributed by atoms with Crippen molar-refractivity contribution in [1.82, 2.24) is 5.32 Å². The van der Waals surface area contributed by atoms with Gasteiger partial charge in [-0.15, -0.1) is 0 Å². The molecular weight excluding hydrogens is 328 g/mol. The van der Waals surface area contributed by atoms with E-state index in [0.29, 0.717) is 5.11 Å². The zero-order chi connectivity index (χ0) is 14.4. The molecule has 1 atom stereocenters. The molecule has 0 aliphatic heterocycles. The third-order valence-electron chi connectivity index (χ3n) is 2.65. The van der Waals surface area contributed by atoms with E-state index in [1.54, 1.807) is 14.2 Å². The summed E-state index contributed by atoms with van der Waals surface area (Å²) in [5.74, 6) is 0. The van der Waals surface area contributed by atoms with Gasteiger partial charge in [-0.1, -0.05) is 15.9 Å². The highest BCUT2D eigenvalue weighted by Crippen LogP contribution is 2.19. The van der Waals surface area contributed by atoms with Crippen molar-refractivity contribution < 1.29 is 9.47 Å². The fourth-order valence-corrected chi connectivity index (χ4v) is 2.22. The fourth-order valence-electron chi connectivity index (χ4n) is 1.67. The first kappa shape index (κ1) is 16.4. The van der Waals surface area contributed by atoms with Crippen LogP contribution in [0.2, 0.25) is 0 Å². The van der Waals surface area contributed by atoms with Crippen molar-refractivity contribution in [3.05, 3.63) is 28.2 Å². The van der Waals surface area contributed by atoms with Gasteiger partial charge in [0, 0.05) is 24.4 Å². The number of methoxy groups -OCH3 is 2. The van der Waals surface area contributed by atoms with Gasteiger partial charge in [0.05, 0.1) is 6.04 Å². The molecule has 0 aliphatic rings. The van der Waals surface area contributed by atoms with Crippen LogP contribution < -0.4 is 10.6 Å². The van der Waals surface area contributed by atoms with Crippen LogP contribution in [0.15, 0.2) is 22.7 Å². The molecule has 0 fully saturated rings. The Bertz CT molecular complexity index is 439. The number of benzene rings is 1. The molecule has 106 valence electrons. The molecule has 4 nitrogen and oxygen atoms in total. The van der Waals surface area contributed by atoms with Crippen LogP contribution in [-0.2, 0) is 9.47 Å². The second-order valence-corrected chi connectivity index (χ2v) is 5.45. The van der Waals surface area contributed by atoms with E-state index in [9.17, 15) is 0 Å². The van der Waals surface area contributed by atoms with E-state index in [2.05, 4.69) is 26.6 Å². The smallest absolute Gasteiger partial charge is 0.176 e. The maximum atomic E-state index is 5.26. The summed E-state index contributed by atoms with van der Waals surface area (Å²) >= 11 is 8.72. The second-order valence-electron chi connectivity index (χ2n) is 4.19. The number of hydrogen-bond donors (Lipinski definition) is 2. The van der Waals surface area contributed by atoms with E-state index in [4.69, 9.17) is 21.7 Å². The number of nitrogens with one attached hydrogen (secondary N) is 2. The Labute approximate surface area is 128 Å². The summed E-state index contributed by atoms with van der Waals surface area (Å²) in [6.45, 7) is 3.97. The number of hydrogen-bond acceptors (Lipinski definition) is 3. The van der Waals surface area contributed by atoms with Crippen LogP contribution >= 0.6 is 28.1 Å². The predicted molar refractivity (Wildman–Crippen MR) is 85.5 cm³/mol. The summed E-state index contributed by atoms with van der Waals surface area (Å²) < 4.78 is 11.4. The Hall–Kier alpha value is -0.690. The van der Waals surface area contributed by atoms with Gasteiger partial charge in [0.15, 0.2) is 11.4 Å². The monoisotopic (exact) mass is 346 g/mol. The minimum absolute atomic E-state index is 0.0495. The molecule has 2 N–H and O–H groups in total. The van der Waals surface area contributed by atoms with Crippen LogP contribution in [-0.4, -0.2) is 31.7 Å². The Morgan fingerprint density at radius 1 is 1.32 bits per heavy atom. The molecule has 0 saturated heterocycles. The lowest BCUT2D eigenvalue weighted by Crippen LogP contribution is -2.44. The van der Waals surface area contributed by atoms with Crippen molar-refractivity contribution in [2.45, 2.75) is 26.2 Å². The van der Waals surface area contributed by atoms with Gasteiger partial charge in [-0.2, -0.15) is 0 Å². The van der Waals surface area contributed by atoms with Crippen molar-refractivity contribution in [2.75, 3.05) is 19.5 Å². The first-order valence-corrected chi connectivity index (χ1v) is 7.07. The molecule has 19 heavy (non-hydrogen) atoms. The average Bonchev–Trinajstić information content (AvgIpc) is 2.35. The van der Waals surface area contributed by atoms with Gasteiger partial charge >= 0.3 is 0 Å². The van der Waals surface area contributed by atoms with Crippen molar-refractivity contribution in [3.8, 4) is 0 Å². The van der Waals surface area contributed by atoms with Crippen LogP contribution in [0.1, 0.15) is 12.5 Å². The summed E-state index contributed by atoms with van der Waals surface area (Å²) in [5.41, 5.74) is 2.09. The van der Waals surface area contributed by atoms with E-state index in [0.717, 1.165) is 15.7 Å². The number of rotatable bonds is 5. The molecule has 6 heteroatoms. The molecule has 0 saturated carbocycles. The number of halogens is 1. The predicted octanol–water partition coefficient (Wildman–Crippen LogP) is 3.05. The van der Waals surface area contributed by atoms with Gasteiger partial charge in [0.2, 0.25) is 0 Å². The molecule has 1 aromatic carbocycles. The number of thiocarbonyl (C=S) groups is 1. The minimum Gasteiger partial charge on any atom is -0.355 e. The van der Waals surface area contributed by atoms with Gasteiger partial charge in [-0.25, -0.2) is 0 Å². The summed E-state index contributed by atoms with van der Waals surface area (Å²) in [6.07, 6.45) is -0.341. The number of aryl methyl sites for hydroxylation is 1. The molecule has 0 bridgehead atoms. The maximum absolute atomic E-state index is 5.26. The molecule has 0 aliphatic carbocycles. The van der Waals surface area contributed by atoms with E-state index < -0.39 is 0 Å². The van der Waals surface area contributed by atoms with Gasteiger partial charge in [-0.05, 0) is 49.8 Å². The third kappa shape index (κ3) is 5.06. The van der Waals surface area contributed by atoms with Gasteiger partial charge in [0.25, 0.3) is 0 Å². The minimum atomic E-state index is -0.341. The van der Waals surface area contributed by atoms with Crippen LogP contribution in [0.4, 0.5) is 5.69 Å². The summed E-state index contributed by atoms with van der Waals surface area (Å²) in [5, 5.41) is 6.79. The quantitative estimate of drug-likeness (QED) is 0.633. The average molecular weight is 347 g/mol. The van der Waals surface area contributed by atoms with E-state index in [-0.39, 0.29) is 12.3 Å². The first-order chi connectivity index (χ1) is 8.97. The van der Waals surface area contributed by atoms with Crippen molar-refractivity contribution in [1.29, 1.82) is 0 Å². The SMILES string of the molecule is COC(OC)C(C)NC(=S)Nc1ccc(Br)c(C)c1. The standard InChI is InChI=1S/C13H19BrN2O2S/c1-8-7-10(5-6-11(8)14)16-13(19)15-9(2)12(17-3)18-4/h5-7,9,12H,1-4H3,(H2,15,16,19). The Balaban J connectivity index is 2.57. The molecule has 0 heterocycles. The summed E-state index contributed by atoms with van der Waals surface area (Å²) in [6, 6.07) is 5.91. The molecule has 1 aromatic rings. The molecule has 1 unspecified atom stereocenters. The van der Waals surface area contributed by atoms with Crippen LogP contribution in [0.3, 0.4) is 0 Å². The van der Waals surface area contributed by atoms with Gasteiger partial charge < -0.3 is 20.1 Å². The molecule has 1 rings (SSSR count). The lowest BCUT2D eigenvalue weighted by atomic mass is 10.2. The van der Waals surface area contributed by atoms with Crippen LogP contribution in [0.25, 0.3) is 0 Å². The van der Waals surface area contributed by atoms with Crippen LogP contribution in [0.5, 0.6) is 0 Å². The zero-order valence-corrected chi connectivity index (χ0v) is 13.9. The largest absolute Gasteiger partial charge is 0.355 e.